The Morgan fingerprint density at radius 1 is 1.53 bits per heavy atom. The fourth-order valence-electron chi connectivity index (χ4n) is 1.38. The monoisotopic (exact) mass is 257 g/mol. The van der Waals surface area contributed by atoms with Gasteiger partial charge in [-0.1, -0.05) is 19.1 Å². The van der Waals surface area contributed by atoms with E-state index in [1.165, 1.54) is 0 Å². The molecule has 96 valence electrons. The molecule has 5 nitrogen and oxygen atoms in total. The Hall–Kier alpha value is -0.980. The lowest BCUT2D eigenvalue weighted by molar-refractivity contribution is 0.0992. The van der Waals surface area contributed by atoms with Crippen molar-refractivity contribution in [1.29, 1.82) is 0 Å². The van der Waals surface area contributed by atoms with Gasteiger partial charge >= 0.3 is 0 Å². The molecule has 0 amide bonds. The van der Waals surface area contributed by atoms with E-state index in [9.17, 15) is 0 Å². The number of hydrogen-bond acceptors (Lipinski definition) is 5. The molecule has 0 radical (unpaired) electrons. The maximum absolute atomic E-state index is 8.54. The molecule has 17 heavy (non-hydrogen) atoms. The molecule has 0 bridgehead atoms. The second-order valence-electron chi connectivity index (χ2n) is 3.59. The average Bonchev–Trinajstić information content (AvgIpc) is 2.28. The molecular weight excluding hydrogens is 238 g/mol. The number of nitrogens with one attached hydrogen (secondary N) is 2. The van der Waals surface area contributed by atoms with Crippen LogP contribution in [0.4, 0.5) is 5.82 Å². The maximum Gasteiger partial charge on any atom is 0.131 e. The van der Waals surface area contributed by atoms with Gasteiger partial charge in [0.2, 0.25) is 0 Å². The van der Waals surface area contributed by atoms with E-state index in [0.717, 1.165) is 24.5 Å². The van der Waals surface area contributed by atoms with Crippen LogP contribution in [0, 0.1) is 4.64 Å². The fraction of sp³-hybridized carbons (Fsp3) is 0.636. The highest BCUT2D eigenvalue weighted by Crippen LogP contribution is 2.05. The van der Waals surface area contributed by atoms with Gasteiger partial charge in [-0.25, -0.2) is 4.98 Å². The number of anilines is 1. The van der Waals surface area contributed by atoms with Gasteiger partial charge in [-0.2, -0.15) is 0 Å². The van der Waals surface area contributed by atoms with Crippen LogP contribution in [0.1, 0.15) is 19.2 Å². The van der Waals surface area contributed by atoms with Crippen molar-refractivity contribution in [2.45, 2.75) is 19.8 Å². The first-order chi connectivity index (χ1) is 8.26. The zero-order chi connectivity index (χ0) is 12.5. The van der Waals surface area contributed by atoms with Crippen LogP contribution in [0.5, 0.6) is 0 Å². The van der Waals surface area contributed by atoms with Crippen molar-refractivity contribution in [3.05, 3.63) is 16.5 Å². The van der Waals surface area contributed by atoms with Crippen LogP contribution in [-0.2, 0) is 11.2 Å². The van der Waals surface area contributed by atoms with Crippen molar-refractivity contribution in [2.24, 2.45) is 0 Å². The summed E-state index contributed by atoms with van der Waals surface area (Å²) in [5, 5.41) is 11.7. The number of aromatic nitrogens is 2. The summed E-state index contributed by atoms with van der Waals surface area (Å²) in [6.45, 7) is 3.74. The van der Waals surface area contributed by atoms with Crippen LogP contribution in [0.2, 0.25) is 0 Å². The Morgan fingerprint density at radius 3 is 3.06 bits per heavy atom. The van der Waals surface area contributed by atoms with Gasteiger partial charge < -0.3 is 20.1 Å². The highest BCUT2D eigenvalue weighted by molar-refractivity contribution is 7.71. The Balaban J connectivity index is 2.44. The van der Waals surface area contributed by atoms with Crippen LogP contribution >= 0.6 is 12.2 Å². The molecule has 0 atom stereocenters. The van der Waals surface area contributed by atoms with Gasteiger partial charge in [0.05, 0.1) is 19.8 Å². The summed E-state index contributed by atoms with van der Waals surface area (Å²) in [6.07, 6.45) is 1.92. The molecule has 3 N–H and O–H groups in total. The number of hydrogen-bond donors (Lipinski definition) is 3. The molecular formula is C11H19N3O2S. The predicted molar refractivity (Wildman–Crippen MR) is 69.8 cm³/mol. The Bertz CT molecular complexity index is 381. The summed E-state index contributed by atoms with van der Waals surface area (Å²) >= 11 is 5.09. The molecule has 0 aliphatic carbocycles. The quantitative estimate of drug-likeness (QED) is 0.486. The van der Waals surface area contributed by atoms with Crippen molar-refractivity contribution < 1.29 is 9.84 Å². The van der Waals surface area contributed by atoms with E-state index in [-0.39, 0.29) is 6.61 Å². The number of aliphatic hydroxyl groups is 1. The standard InChI is InChI=1S/C11H19N3O2S/c1-2-3-9-13-10(8-11(17)14-9)12-4-6-16-7-5-15/h8,15H,2-7H2,1H3,(H2,12,13,14,17). The number of aromatic amines is 1. The first-order valence-corrected chi connectivity index (χ1v) is 6.19. The smallest absolute Gasteiger partial charge is 0.131 e. The molecule has 0 aliphatic rings. The molecule has 0 aromatic carbocycles. The molecule has 0 spiro atoms. The van der Waals surface area contributed by atoms with Gasteiger partial charge in [0.25, 0.3) is 0 Å². The van der Waals surface area contributed by atoms with Crippen LogP contribution in [0.3, 0.4) is 0 Å². The number of aryl methyl sites for hydroxylation is 1. The van der Waals surface area contributed by atoms with E-state index in [1.54, 1.807) is 6.07 Å². The van der Waals surface area contributed by atoms with E-state index in [4.69, 9.17) is 22.1 Å². The summed E-state index contributed by atoms with van der Waals surface area (Å²) in [5.41, 5.74) is 0. The average molecular weight is 257 g/mol. The van der Waals surface area contributed by atoms with Crippen molar-refractivity contribution in [2.75, 3.05) is 31.7 Å². The number of nitrogens with zero attached hydrogens (tertiary/aromatic N) is 1. The Morgan fingerprint density at radius 2 is 2.35 bits per heavy atom. The van der Waals surface area contributed by atoms with Crippen molar-refractivity contribution in [1.82, 2.24) is 9.97 Å². The third-order valence-corrected chi connectivity index (χ3v) is 2.29. The normalized spacial score (nSPS) is 10.5. The molecule has 0 saturated carbocycles. The Kier molecular flexibility index (Phi) is 6.76. The van der Waals surface area contributed by atoms with Gasteiger partial charge in [-0.15, -0.1) is 0 Å². The van der Waals surface area contributed by atoms with Gasteiger partial charge in [0, 0.05) is 19.0 Å². The van der Waals surface area contributed by atoms with E-state index in [1.807, 2.05) is 0 Å². The topological polar surface area (TPSA) is 70.2 Å². The molecule has 1 rings (SSSR count). The van der Waals surface area contributed by atoms with E-state index in [0.29, 0.717) is 24.4 Å². The van der Waals surface area contributed by atoms with Gasteiger partial charge in [-0.3, -0.25) is 0 Å². The summed E-state index contributed by atoms with van der Waals surface area (Å²) in [7, 11) is 0. The Labute approximate surface area is 106 Å². The minimum atomic E-state index is 0.0539. The summed E-state index contributed by atoms with van der Waals surface area (Å²) < 4.78 is 5.73. The van der Waals surface area contributed by atoms with Gasteiger partial charge in [-0.05, 0) is 6.42 Å². The zero-order valence-corrected chi connectivity index (χ0v) is 10.8. The second kappa shape index (κ2) is 8.16. The molecule has 1 aromatic heterocycles. The van der Waals surface area contributed by atoms with Crippen LogP contribution in [0.25, 0.3) is 0 Å². The molecule has 0 aliphatic heterocycles. The van der Waals surface area contributed by atoms with E-state index in [2.05, 4.69) is 22.2 Å². The number of rotatable bonds is 8. The molecule has 1 heterocycles. The lowest BCUT2D eigenvalue weighted by Gasteiger charge is -2.08. The lowest BCUT2D eigenvalue weighted by Crippen LogP contribution is -2.13. The molecule has 1 aromatic rings. The van der Waals surface area contributed by atoms with Crippen molar-refractivity contribution in [3.8, 4) is 0 Å². The fourth-order valence-corrected chi connectivity index (χ4v) is 1.61. The SMILES string of the molecule is CCCc1nc(=S)cc(NCCOCCO)[nH]1. The minimum absolute atomic E-state index is 0.0539. The molecule has 0 saturated heterocycles. The number of aliphatic hydroxyl groups excluding tert-OH is 1. The minimum Gasteiger partial charge on any atom is -0.394 e. The van der Waals surface area contributed by atoms with Crippen molar-refractivity contribution in [3.63, 3.8) is 0 Å². The second-order valence-corrected chi connectivity index (χ2v) is 4.01. The van der Waals surface area contributed by atoms with Crippen LogP contribution < -0.4 is 5.32 Å². The number of ether oxygens (including phenoxy) is 1. The maximum atomic E-state index is 8.54. The lowest BCUT2D eigenvalue weighted by atomic mass is 10.3. The molecule has 6 heteroatoms. The molecule has 0 unspecified atom stereocenters. The first-order valence-electron chi connectivity index (χ1n) is 5.79. The first kappa shape index (κ1) is 14.1. The van der Waals surface area contributed by atoms with Gasteiger partial charge in [0.15, 0.2) is 0 Å². The van der Waals surface area contributed by atoms with Crippen LogP contribution in [0.15, 0.2) is 6.07 Å². The molecule has 0 fully saturated rings. The van der Waals surface area contributed by atoms with Gasteiger partial charge in [0.1, 0.15) is 16.3 Å². The highest BCUT2D eigenvalue weighted by Gasteiger charge is 1.98. The van der Waals surface area contributed by atoms with E-state index < -0.39 is 0 Å². The predicted octanol–water partition coefficient (Wildman–Crippen LogP) is 1.51. The van der Waals surface area contributed by atoms with Crippen molar-refractivity contribution >= 4 is 18.0 Å². The zero-order valence-electron chi connectivity index (χ0n) is 10.0. The number of H-pyrrole nitrogens is 1. The van der Waals surface area contributed by atoms with E-state index >= 15 is 0 Å². The summed E-state index contributed by atoms with van der Waals surface area (Å²) in [6, 6.07) is 1.79. The third kappa shape index (κ3) is 5.76. The van der Waals surface area contributed by atoms with Crippen LogP contribution in [-0.4, -0.2) is 41.4 Å². The largest absolute Gasteiger partial charge is 0.394 e. The summed E-state index contributed by atoms with van der Waals surface area (Å²) in [4.78, 5) is 7.42. The highest BCUT2D eigenvalue weighted by atomic mass is 32.1. The summed E-state index contributed by atoms with van der Waals surface area (Å²) in [5.74, 6) is 1.76. The third-order valence-electron chi connectivity index (χ3n) is 2.08.